The van der Waals surface area contributed by atoms with Crippen molar-refractivity contribution in [3.63, 3.8) is 0 Å². The molecule has 1 aliphatic rings. The van der Waals surface area contributed by atoms with E-state index in [9.17, 15) is 34.1 Å². The van der Waals surface area contributed by atoms with Gasteiger partial charge in [0.05, 0.1) is 25.3 Å². The van der Waals surface area contributed by atoms with E-state index in [0.29, 0.717) is 13.0 Å². The number of phosphoric ester groups is 1. The summed E-state index contributed by atoms with van der Waals surface area (Å²) in [6, 6.07) is 0. The zero-order chi connectivity index (χ0) is 24.4. The monoisotopic (exact) mass is 495 g/mol. The number of H-pyrrole nitrogens is 1. The van der Waals surface area contributed by atoms with Crippen LogP contribution < -0.4 is 40.9 Å². The Hall–Kier alpha value is -1.70. The van der Waals surface area contributed by atoms with E-state index in [1.54, 1.807) is 0 Å². The van der Waals surface area contributed by atoms with Crippen molar-refractivity contribution >= 4 is 13.8 Å². The van der Waals surface area contributed by atoms with Gasteiger partial charge in [0.25, 0.3) is 5.56 Å². The molecule has 4 atom stereocenters. The number of aliphatic hydroxyl groups excluding tert-OH is 1. The number of carboxylic acids is 1. The zero-order valence-electron chi connectivity index (χ0n) is 18.8. The molecule has 13 nitrogen and oxygen atoms in total. The van der Waals surface area contributed by atoms with Crippen LogP contribution in [-0.2, 0) is 23.1 Å². The Morgan fingerprint density at radius 2 is 2.03 bits per heavy atom. The third kappa shape index (κ3) is 9.88. The fourth-order valence-electron chi connectivity index (χ4n) is 3.03. The molecule has 5 N–H and O–H groups in total. The molecule has 0 aliphatic carbocycles. The summed E-state index contributed by atoms with van der Waals surface area (Å²) in [6.45, 7) is -1.13. The summed E-state index contributed by atoms with van der Waals surface area (Å²) < 4.78 is 27.0. The van der Waals surface area contributed by atoms with Gasteiger partial charge in [0.2, 0.25) is 0 Å². The Bertz CT molecular complexity index is 1030. The van der Waals surface area contributed by atoms with Crippen LogP contribution in [0, 0.1) is 11.8 Å². The molecule has 0 saturated carbocycles. The van der Waals surface area contributed by atoms with Crippen LogP contribution in [0.2, 0.25) is 0 Å². The molecule has 0 bridgehead atoms. The summed E-state index contributed by atoms with van der Waals surface area (Å²) in [6.07, 6.45) is 2.18. The van der Waals surface area contributed by atoms with Crippen LogP contribution in [-0.4, -0.2) is 57.5 Å². The first kappa shape index (κ1) is 30.3. The first-order valence-corrected chi connectivity index (χ1v) is 11.8. The van der Waals surface area contributed by atoms with Gasteiger partial charge in [-0.2, -0.15) is 0 Å². The number of aliphatic carboxylic acids is 1. The van der Waals surface area contributed by atoms with Crippen LogP contribution in [0.5, 0.6) is 0 Å². The van der Waals surface area contributed by atoms with Crippen LogP contribution in [0.4, 0.5) is 0 Å². The summed E-state index contributed by atoms with van der Waals surface area (Å²) in [5, 5.41) is 20.5. The number of nitrogens with zero attached hydrogens (tertiary/aromatic N) is 1. The van der Waals surface area contributed by atoms with Crippen molar-refractivity contribution in [2.24, 2.45) is 5.73 Å². The molecular weight excluding hydrogens is 468 g/mol. The fraction of sp³-hybridized carbons (Fsp3) is 0.632. The maximum Gasteiger partial charge on any atom is 1.00 e. The average molecular weight is 495 g/mol. The molecule has 0 spiro atoms. The molecule has 1 unspecified atom stereocenters. The SMILES string of the molecule is NCCCCCCC#Cc1cn([C@H]2C[C@H](O)[C@@H](COP(=O)(O)OCC(=O)[O-])O2)c(=O)[nH]c1=O.[Li+]. The molecule has 1 saturated heterocycles. The number of aromatic amines is 1. The molecular formula is C19H27LiN3O10P. The molecule has 1 aromatic rings. The predicted octanol–water partition coefficient (Wildman–Crippen LogP) is -4.67. The Balaban J connectivity index is 0.00000578. The Labute approximate surface area is 207 Å². The second-order valence-electron chi connectivity index (χ2n) is 7.31. The van der Waals surface area contributed by atoms with Crippen LogP contribution in [0.25, 0.3) is 0 Å². The fourth-order valence-corrected chi connectivity index (χ4v) is 3.71. The third-order valence-corrected chi connectivity index (χ3v) is 5.64. The predicted molar refractivity (Wildman–Crippen MR) is 112 cm³/mol. The number of nitrogens with one attached hydrogen (secondary N) is 1. The number of aliphatic hydroxyl groups is 1. The number of rotatable bonds is 12. The number of carbonyl (C=O) groups is 1. The van der Waals surface area contributed by atoms with Gasteiger partial charge in [-0.3, -0.25) is 23.4 Å². The summed E-state index contributed by atoms with van der Waals surface area (Å²) in [7, 11) is -4.72. The second kappa shape index (κ2) is 14.6. The van der Waals surface area contributed by atoms with Crippen molar-refractivity contribution in [3.05, 3.63) is 32.6 Å². The van der Waals surface area contributed by atoms with Gasteiger partial charge in [-0.1, -0.05) is 24.7 Å². The number of aromatic nitrogens is 2. The van der Waals surface area contributed by atoms with Gasteiger partial charge in [0, 0.05) is 19.0 Å². The van der Waals surface area contributed by atoms with Crippen molar-refractivity contribution in [1.29, 1.82) is 0 Å². The summed E-state index contributed by atoms with van der Waals surface area (Å²) in [5.41, 5.74) is 4.05. The number of hydrogen-bond acceptors (Lipinski definition) is 10. The minimum atomic E-state index is -4.72. The minimum Gasteiger partial charge on any atom is -0.548 e. The number of hydrogen-bond donors (Lipinski definition) is 4. The van der Waals surface area contributed by atoms with E-state index in [4.69, 9.17) is 10.5 Å². The molecule has 0 aromatic carbocycles. The minimum absolute atomic E-state index is 0. The molecule has 0 radical (unpaired) electrons. The number of phosphoric acid groups is 1. The van der Waals surface area contributed by atoms with Crippen molar-refractivity contribution in [2.45, 2.75) is 57.0 Å². The number of ether oxygens (including phenoxy) is 1. The molecule has 2 rings (SSSR count). The van der Waals surface area contributed by atoms with Crippen LogP contribution >= 0.6 is 7.82 Å². The second-order valence-corrected chi connectivity index (χ2v) is 8.76. The molecule has 1 aromatic heterocycles. The first-order valence-electron chi connectivity index (χ1n) is 10.3. The maximum absolute atomic E-state index is 12.2. The molecule has 34 heavy (non-hydrogen) atoms. The van der Waals surface area contributed by atoms with E-state index in [0.717, 1.165) is 30.3 Å². The van der Waals surface area contributed by atoms with E-state index < -0.39 is 56.7 Å². The van der Waals surface area contributed by atoms with Crippen molar-refractivity contribution in [1.82, 2.24) is 9.55 Å². The topological polar surface area (TPSA) is 206 Å². The number of unbranched alkanes of at least 4 members (excludes halogenated alkanes) is 4. The van der Waals surface area contributed by atoms with Gasteiger partial charge >= 0.3 is 32.4 Å². The molecule has 2 heterocycles. The van der Waals surface area contributed by atoms with Gasteiger partial charge in [-0.15, -0.1) is 0 Å². The van der Waals surface area contributed by atoms with Crippen molar-refractivity contribution in [2.75, 3.05) is 19.8 Å². The van der Waals surface area contributed by atoms with Gasteiger partial charge in [-0.25, -0.2) is 9.36 Å². The number of carbonyl (C=O) groups excluding carboxylic acids is 1. The zero-order valence-corrected chi connectivity index (χ0v) is 19.7. The van der Waals surface area contributed by atoms with Crippen LogP contribution in [0.1, 0.15) is 50.3 Å². The first-order chi connectivity index (χ1) is 15.6. The third-order valence-electron chi connectivity index (χ3n) is 4.71. The smallest absolute Gasteiger partial charge is 0.548 e. The van der Waals surface area contributed by atoms with Gasteiger partial charge in [-0.05, 0) is 19.4 Å². The molecule has 1 fully saturated rings. The van der Waals surface area contributed by atoms with E-state index in [1.807, 2.05) is 0 Å². The molecule has 15 heteroatoms. The van der Waals surface area contributed by atoms with Crippen LogP contribution in [0.3, 0.4) is 0 Å². The Morgan fingerprint density at radius 3 is 2.71 bits per heavy atom. The standard InChI is InChI=1S/C19H28N3O10P.Li/c20-8-6-4-2-1-3-5-7-13-10-22(19(27)21-18(13)26)16-9-14(23)15(32-16)11-30-33(28,29)31-12-17(24)25;/h10,14-16,23H,1-4,6,8-9,11-12,20H2,(H,24,25)(H,28,29)(H,21,26,27);/q;+1/p-1/t14-,15+,16+;/m0./s1. The average Bonchev–Trinajstić information content (AvgIpc) is 3.12. The van der Waals surface area contributed by atoms with E-state index in [2.05, 4.69) is 25.9 Å². The maximum atomic E-state index is 12.2. The molecule has 1 aliphatic heterocycles. The number of nitrogens with two attached hydrogens (primary N) is 1. The summed E-state index contributed by atoms with van der Waals surface area (Å²) in [5.74, 6) is 3.90. The van der Waals surface area contributed by atoms with Crippen LogP contribution in [0.15, 0.2) is 15.8 Å². The van der Waals surface area contributed by atoms with Crippen molar-refractivity contribution in [3.8, 4) is 11.8 Å². The molecule has 0 amide bonds. The van der Waals surface area contributed by atoms with Gasteiger partial charge < -0.3 is 30.4 Å². The Morgan fingerprint density at radius 1 is 1.32 bits per heavy atom. The van der Waals surface area contributed by atoms with E-state index in [-0.39, 0.29) is 30.8 Å². The summed E-state index contributed by atoms with van der Waals surface area (Å²) >= 11 is 0. The van der Waals surface area contributed by atoms with E-state index >= 15 is 0 Å². The van der Waals surface area contributed by atoms with Gasteiger partial charge in [0.15, 0.2) is 0 Å². The quantitative estimate of drug-likeness (QED) is 0.0938. The largest absolute Gasteiger partial charge is 1.00 e. The van der Waals surface area contributed by atoms with E-state index in [1.165, 1.54) is 6.20 Å². The molecule has 184 valence electrons. The normalized spacial score (nSPS) is 21.2. The number of carboxylic acid groups (broad SMARTS) is 1. The summed E-state index contributed by atoms with van der Waals surface area (Å²) in [4.78, 5) is 46.2. The van der Waals surface area contributed by atoms with Crippen molar-refractivity contribution < 1.29 is 57.1 Å². The Kier molecular flexibility index (Phi) is 13.1. The van der Waals surface area contributed by atoms with Gasteiger partial charge in [0.1, 0.15) is 17.9 Å².